The maximum Gasteiger partial charge on any atom is 0.318 e. The number of piperazine rings is 1. The Morgan fingerprint density at radius 1 is 1.15 bits per heavy atom. The molecule has 4 aliphatic rings. The van der Waals surface area contributed by atoms with Gasteiger partial charge in [0, 0.05) is 61.9 Å². The van der Waals surface area contributed by atoms with Gasteiger partial charge in [-0.2, -0.15) is 9.97 Å². The molecule has 4 aliphatic heterocycles. The molecule has 3 aromatic rings. The summed E-state index contributed by atoms with van der Waals surface area (Å²) in [7, 11) is 0. The number of ether oxygens (including phenoxy) is 2. The van der Waals surface area contributed by atoms with Gasteiger partial charge in [-0.05, 0) is 43.2 Å². The number of carbonyl (C=O) groups excluding carboxylic acids is 1. The second-order valence-electron chi connectivity index (χ2n) is 12.8. The predicted octanol–water partition coefficient (Wildman–Crippen LogP) is 4.16. The highest BCUT2D eigenvalue weighted by Gasteiger charge is 2.39. The third-order valence-electron chi connectivity index (χ3n) is 9.87. The Morgan fingerprint density at radius 2 is 2.00 bits per heavy atom. The van der Waals surface area contributed by atoms with Crippen LogP contribution in [0.2, 0.25) is 0 Å². The van der Waals surface area contributed by atoms with Crippen LogP contribution in [0.4, 0.5) is 15.9 Å². The third-order valence-corrected chi connectivity index (χ3v) is 9.87. The summed E-state index contributed by atoms with van der Waals surface area (Å²) in [5.74, 6) is -0.971. The molecule has 7 rings (SSSR count). The maximum absolute atomic E-state index is 13.9. The van der Waals surface area contributed by atoms with Crippen LogP contribution >= 0.6 is 0 Å². The van der Waals surface area contributed by atoms with E-state index >= 15 is 0 Å². The summed E-state index contributed by atoms with van der Waals surface area (Å²) in [6.45, 7) is 18.7. The average Bonchev–Trinajstić information content (AvgIpc) is 3.70. The number of aromatic nitrogens is 2. The lowest BCUT2D eigenvalue weighted by atomic mass is 9.99. The summed E-state index contributed by atoms with van der Waals surface area (Å²) in [6, 6.07) is 13.2. The zero-order valence-electron chi connectivity index (χ0n) is 26.3. The number of hydrogen-bond acceptors (Lipinski definition) is 8. The third kappa shape index (κ3) is 5.87. The Morgan fingerprint density at radius 3 is 2.76 bits per heavy atom. The number of rotatable bonds is 9. The van der Waals surface area contributed by atoms with E-state index in [0.717, 1.165) is 62.6 Å². The Labute approximate surface area is 269 Å². The van der Waals surface area contributed by atoms with Crippen LogP contribution in [0.15, 0.2) is 48.8 Å². The molecule has 2 bridgehead atoms. The van der Waals surface area contributed by atoms with Gasteiger partial charge in [0.1, 0.15) is 11.9 Å². The quantitative estimate of drug-likeness (QED) is 0.199. The van der Waals surface area contributed by atoms with Crippen LogP contribution in [0.1, 0.15) is 29.7 Å². The summed E-state index contributed by atoms with van der Waals surface area (Å²) in [5, 5.41) is 2.46. The van der Waals surface area contributed by atoms with Crippen LogP contribution in [0.25, 0.3) is 15.6 Å². The van der Waals surface area contributed by atoms with E-state index in [-0.39, 0.29) is 13.1 Å². The van der Waals surface area contributed by atoms with Crippen LogP contribution in [0.3, 0.4) is 0 Å². The van der Waals surface area contributed by atoms with E-state index in [1.54, 1.807) is 0 Å². The first-order valence-electron chi connectivity index (χ1n) is 16.2. The molecule has 1 aromatic heterocycles. The fraction of sp³-hybridized carbons (Fsp3) is 0.486. The monoisotopic (exact) mass is 625 g/mol. The van der Waals surface area contributed by atoms with Crippen molar-refractivity contribution >= 4 is 28.2 Å². The van der Waals surface area contributed by atoms with Crippen molar-refractivity contribution in [3.8, 4) is 6.01 Å². The number of benzene rings is 2. The summed E-state index contributed by atoms with van der Waals surface area (Å²) in [6.07, 6.45) is 3.09. The van der Waals surface area contributed by atoms with Crippen molar-refractivity contribution in [2.24, 2.45) is 0 Å². The van der Waals surface area contributed by atoms with Crippen molar-refractivity contribution in [2.75, 3.05) is 68.8 Å². The molecule has 2 aromatic carbocycles. The first-order chi connectivity index (χ1) is 22.4. The Balaban J connectivity index is 1.15. The second kappa shape index (κ2) is 12.9. The molecule has 5 heterocycles. The number of hydrogen-bond donors (Lipinski definition) is 0. The Bertz CT molecular complexity index is 1690. The molecule has 11 heteroatoms. The second-order valence-corrected chi connectivity index (χ2v) is 12.8. The molecule has 0 unspecified atom stereocenters. The van der Waals surface area contributed by atoms with Crippen LogP contribution in [-0.2, 0) is 22.5 Å². The normalized spacial score (nSPS) is 22.6. The number of likely N-dealkylation sites (tertiary alicyclic amines) is 1. The van der Waals surface area contributed by atoms with Gasteiger partial charge in [0.05, 0.1) is 31.6 Å². The van der Waals surface area contributed by atoms with Gasteiger partial charge in [-0.15, -0.1) is 0 Å². The van der Waals surface area contributed by atoms with E-state index < -0.39 is 17.8 Å². The van der Waals surface area contributed by atoms with Gasteiger partial charge in [-0.1, -0.05) is 36.9 Å². The minimum absolute atomic E-state index is 0.0732. The SMILES string of the molecule is [C-]#[N+]C[C@H]1CN(c2nc(OCCCN3C[C@@H]4C[C@H]3CO4)nc3c2CCN(c2cccc4cccc(C)c24)C3)CCN1C(=O)C(=C)F. The summed E-state index contributed by atoms with van der Waals surface area (Å²) in [4.78, 5) is 34.4. The van der Waals surface area contributed by atoms with Crippen molar-refractivity contribution < 1.29 is 18.7 Å². The van der Waals surface area contributed by atoms with E-state index in [0.29, 0.717) is 44.4 Å². The van der Waals surface area contributed by atoms with Gasteiger partial charge in [0.15, 0.2) is 5.83 Å². The number of halogens is 1. The smallest absolute Gasteiger partial charge is 0.318 e. The molecule has 46 heavy (non-hydrogen) atoms. The predicted molar refractivity (Wildman–Crippen MR) is 175 cm³/mol. The number of aryl methyl sites for hydroxylation is 1. The average molecular weight is 626 g/mol. The van der Waals surface area contributed by atoms with Crippen molar-refractivity contribution in [1.82, 2.24) is 19.8 Å². The molecule has 10 nitrogen and oxygen atoms in total. The van der Waals surface area contributed by atoms with Gasteiger partial charge in [0.2, 0.25) is 6.54 Å². The molecule has 0 aliphatic carbocycles. The zero-order valence-corrected chi connectivity index (χ0v) is 26.3. The Kier molecular flexibility index (Phi) is 8.49. The van der Waals surface area contributed by atoms with Gasteiger partial charge >= 0.3 is 6.01 Å². The molecule has 3 fully saturated rings. The number of morpholine rings is 1. The van der Waals surface area contributed by atoms with Crippen LogP contribution in [-0.4, -0.2) is 103 Å². The molecule has 1 amide bonds. The van der Waals surface area contributed by atoms with Crippen molar-refractivity contribution in [3.63, 3.8) is 0 Å². The molecular weight excluding hydrogens is 585 g/mol. The van der Waals surface area contributed by atoms with E-state index in [9.17, 15) is 9.18 Å². The molecular formula is C35H40FN7O3. The molecule has 240 valence electrons. The van der Waals surface area contributed by atoms with Crippen molar-refractivity contribution in [2.45, 2.75) is 50.9 Å². The van der Waals surface area contributed by atoms with E-state index in [4.69, 9.17) is 26.0 Å². The molecule has 3 saturated heterocycles. The highest BCUT2D eigenvalue weighted by atomic mass is 19.1. The molecule has 0 spiro atoms. The van der Waals surface area contributed by atoms with Crippen LogP contribution in [0, 0.1) is 13.5 Å². The Hall–Kier alpha value is -4.27. The topological polar surface area (TPSA) is 78.6 Å². The van der Waals surface area contributed by atoms with Crippen molar-refractivity contribution in [3.05, 3.63) is 77.0 Å². The molecule has 3 atom stereocenters. The lowest BCUT2D eigenvalue weighted by Gasteiger charge is -2.41. The molecule has 0 N–H and O–H groups in total. The van der Waals surface area contributed by atoms with Gasteiger partial charge in [-0.25, -0.2) is 11.0 Å². The fourth-order valence-electron chi connectivity index (χ4n) is 7.61. The van der Waals surface area contributed by atoms with E-state index in [1.165, 1.54) is 26.9 Å². The fourth-order valence-corrected chi connectivity index (χ4v) is 7.61. The van der Waals surface area contributed by atoms with Gasteiger partial charge in [-0.3, -0.25) is 9.69 Å². The highest BCUT2D eigenvalue weighted by Crippen LogP contribution is 2.36. The van der Waals surface area contributed by atoms with Gasteiger partial charge < -0.3 is 29.0 Å². The first kappa shape index (κ1) is 30.4. The van der Waals surface area contributed by atoms with Crippen LogP contribution in [0.5, 0.6) is 6.01 Å². The molecule has 0 radical (unpaired) electrons. The number of carbonyl (C=O) groups is 1. The van der Waals surface area contributed by atoms with Gasteiger partial charge in [0.25, 0.3) is 5.91 Å². The number of amides is 1. The first-order valence-corrected chi connectivity index (χ1v) is 16.2. The standard InChI is InChI=1S/C35H40FN7O3/c1-23-7-4-8-25-9-5-10-31(32(23)25)41-13-11-29-30(21-41)38-35(45-16-6-12-40-20-28-17-26(40)22-46-28)39-33(29)42-14-15-43(34(44)24(2)36)27(19-42)18-37-3/h4-5,7-10,26-28H,2,6,11-22H2,1H3/t26-,27-,28-/m0/s1. The maximum atomic E-state index is 13.9. The van der Waals surface area contributed by atoms with E-state index in [1.807, 2.05) is 0 Å². The minimum atomic E-state index is -1.00. The van der Waals surface area contributed by atoms with Crippen LogP contribution < -0.4 is 14.5 Å². The van der Waals surface area contributed by atoms with Crippen molar-refractivity contribution in [1.29, 1.82) is 0 Å². The summed E-state index contributed by atoms with van der Waals surface area (Å²) >= 11 is 0. The number of fused-ring (bicyclic) bond motifs is 4. The lowest BCUT2D eigenvalue weighted by Crippen LogP contribution is -2.57. The number of anilines is 2. The summed E-state index contributed by atoms with van der Waals surface area (Å²) in [5.41, 5.74) is 4.40. The zero-order chi connectivity index (χ0) is 31.8. The summed E-state index contributed by atoms with van der Waals surface area (Å²) < 4.78 is 25.8. The largest absolute Gasteiger partial charge is 0.463 e. The highest BCUT2D eigenvalue weighted by molar-refractivity contribution is 5.97. The molecule has 0 saturated carbocycles. The number of nitrogens with zero attached hydrogens (tertiary/aromatic N) is 7. The van der Waals surface area contributed by atoms with E-state index in [2.05, 4.69) is 69.4 Å². The lowest BCUT2D eigenvalue weighted by molar-refractivity contribution is -0.131. The minimum Gasteiger partial charge on any atom is -0.463 e.